The highest BCUT2D eigenvalue weighted by Gasteiger charge is 2.04. The molecule has 1 nitrogen and oxygen atoms in total. The molecule has 1 heteroatoms. The lowest BCUT2D eigenvalue weighted by Crippen LogP contribution is -2.24. The molecule has 0 aromatic heterocycles. The molecule has 0 heterocycles. The van der Waals surface area contributed by atoms with Gasteiger partial charge in [-0.25, -0.2) is 0 Å². The molecule has 1 rings (SSSR count). The van der Waals surface area contributed by atoms with E-state index in [-0.39, 0.29) is 0 Å². The van der Waals surface area contributed by atoms with Crippen LogP contribution in [0.5, 0.6) is 0 Å². The Labute approximate surface area is 50.8 Å². The van der Waals surface area contributed by atoms with Gasteiger partial charge in [-0.3, -0.25) is 0 Å². The van der Waals surface area contributed by atoms with Crippen LogP contribution in [0.2, 0.25) is 0 Å². The van der Waals surface area contributed by atoms with Gasteiger partial charge in [0.15, 0.2) is 0 Å². The first-order valence-electron chi connectivity index (χ1n) is 3.33. The van der Waals surface area contributed by atoms with Crippen LogP contribution >= 0.6 is 0 Å². The Morgan fingerprint density at radius 1 is 1.75 bits per heavy atom. The number of rotatable bonds is 2. The summed E-state index contributed by atoms with van der Waals surface area (Å²) in [5.41, 5.74) is 0. The van der Waals surface area contributed by atoms with Crippen LogP contribution < -0.4 is 5.32 Å². The lowest BCUT2D eigenvalue weighted by Gasteiger charge is -2.05. The molecular formula is C7H13N. The fraction of sp³-hybridized carbons (Fsp3) is 0.714. The smallest absolute Gasteiger partial charge is 0.0252 e. The zero-order valence-corrected chi connectivity index (χ0v) is 5.35. The summed E-state index contributed by atoms with van der Waals surface area (Å²) in [6.45, 7) is 3.24. The first-order valence-corrected chi connectivity index (χ1v) is 3.33. The van der Waals surface area contributed by atoms with Crippen LogP contribution in [0.4, 0.5) is 0 Å². The number of nitrogens with one attached hydrogen (secondary N) is 1. The van der Waals surface area contributed by atoms with E-state index in [4.69, 9.17) is 0 Å². The highest BCUT2D eigenvalue weighted by molar-refractivity contribution is 5.00. The van der Waals surface area contributed by atoms with E-state index in [0.29, 0.717) is 6.04 Å². The maximum atomic E-state index is 3.36. The van der Waals surface area contributed by atoms with E-state index in [1.807, 2.05) is 0 Å². The Morgan fingerprint density at radius 2 is 2.62 bits per heavy atom. The van der Waals surface area contributed by atoms with E-state index in [2.05, 4.69) is 24.4 Å². The molecule has 0 aromatic carbocycles. The van der Waals surface area contributed by atoms with Crippen LogP contribution in [0.1, 0.15) is 19.8 Å². The molecule has 8 heavy (non-hydrogen) atoms. The molecule has 46 valence electrons. The maximum absolute atomic E-state index is 3.36. The molecule has 0 unspecified atom stereocenters. The molecule has 1 aliphatic carbocycles. The summed E-state index contributed by atoms with van der Waals surface area (Å²) in [7, 11) is 0. The van der Waals surface area contributed by atoms with Crippen molar-refractivity contribution >= 4 is 0 Å². The first kappa shape index (κ1) is 5.83. The van der Waals surface area contributed by atoms with Gasteiger partial charge < -0.3 is 5.32 Å². The van der Waals surface area contributed by atoms with Crippen molar-refractivity contribution in [1.82, 2.24) is 5.32 Å². The zero-order valence-electron chi connectivity index (χ0n) is 5.35. The third-order valence-electron chi connectivity index (χ3n) is 1.48. The normalized spacial score (nSPS) is 26.9. The van der Waals surface area contributed by atoms with Crippen LogP contribution in [0, 0.1) is 0 Å². The summed E-state index contributed by atoms with van der Waals surface area (Å²) in [6, 6.07) is 0.681. The molecule has 1 N–H and O–H groups in total. The largest absolute Gasteiger partial charge is 0.311 e. The van der Waals surface area contributed by atoms with Crippen molar-refractivity contribution in [3.63, 3.8) is 0 Å². The Kier molecular flexibility index (Phi) is 2.10. The highest BCUT2D eigenvalue weighted by atomic mass is 14.9. The molecule has 0 aromatic rings. The van der Waals surface area contributed by atoms with E-state index >= 15 is 0 Å². The number of hydrogen-bond donors (Lipinski definition) is 1. The molecule has 0 radical (unpaired) electrons. The third kappa shape index (κ3) is 1.34. The minimum atomic E-state index is 0.681. The van der Waals surface area contributed by atoms with Gasteiger partial charge in [0, 0.05) is 6.04 Å². The summed E-state index contributed by atoms with van der Waals surface area (Å²) < 4.78 is 0. The summed E-state index contributed by atoms with van der Waals surface area (Å²) in [5, 5.41) is 3.36. The number of allylic oxidation sites excluding steroid dienone is 1. The van der Waals surface area contributed by atoms with Crippen LogP contribution in [0.25, 0.3) is 0 Å². The standard InChI is InChI=1S/C7H13N/c1-2-8-7-5-3-4-6-7/h3,5,7-8H,2,4,6H2,1H3/t7-/m1/s1. The molecule has 0 amide bonds. The van der Waals surface area contributed by atoms with Gasteiger partial charge >= 0.3 is 0 Å². The quantitative estimate of drug-likeness (QED) is 0.530. The summed E-state index contributed by atoms with van der Waals surface area (Å²) in [6.07, 6.45) is 7.06. The predicted octanol–water partition coefficient (Wildman–Crippen LogP) is 1.31. The fourth-order valence-corrected chi connectivity index (χ4v) is 1.06. The average molecular weight is 111 g/mol. The number of hydrogen-bond acceptors (Lipinski definition) is 1. The second-order valence-corrected chi connectivity index (χ2v) is 2.17. The molecule has 0 spiro atoms. The summed E-state index contributed by atoms with van der Waals surface area (Å²) in [5.74, 6) is 0. The van der Waals surface area contributed by atoms with Crippen molar-refractivity contribution in [2.24, 2.45) is 0 Å². The van der Waals surface area contributed by atoms with Crippen molar-refractivity contribution in [3.8, 4) is 0 Å². The second-order valence-electron chi connectivity index (χ2n) is 2.17. The maximum Gasteiger partial charge on any atom is 0.0252 e. The monoisotopic (exact) mass is 111 g/mol. The predicted molar refractivity (Wildman–Crippen MR) is 35.8 cm³/mol. The lowest BCUT2D eigenvalue weighted by molar-refractivity contribution is 0.604. The van der Waals surface area contributed by atoms with Gasteiger partial charge in [-0.05, 0) is 19.4 Å². The molecule has 0 fully saturated rings. The Hall–Kier alpha value is -0.300. The summed E-state index contributed by atoms with van der Waals surface area (Å²) >= 11 is 0. The van der Waals surface area contributed by atoms with Crippen LogP contribution in [0.15, 0.2) is 12.2 Å². The lowest BCUT2D eigenvalue weighted by atomic mass is 10.3. The number of likely N-dealkylation sites (N-methyl/N-ethyl adjacent to an activating group) is 1. The van der Waals surface area contributed by atoms with Gasteiger partial charge in [-0.15, -0.1) is 0 Å². The van der Waals surface area contributed by atoms with E-state index < -0.39 is 0 Å². The van der Waals surface area contributed by atoms with Crippen molar-refractivity contribution < 1.29 is 0 Å². The molecule has 0 aliphatic heterocycles. The molecular weight excluding hydrogens is 98.1 g/mol. The third-order valence-corrected chi connectivity index (χ3v) is 1.48. The molecule has 0 saturated heterocycles. The van der Waals surface area contributed by atoms with Gasteiger partial charge in [0.05, 0.1) is 0 Å². The summed E-state index contributed by atoms with van der Waals surface area (Å²) in [4.78, 5) is 0. The van der Waals surface area contributed by atoms with Crippen LogP contribution in [0.3, 0.4) is 0 Å². The van der Waals surface area contributed by atoms with Gasteiger partial charge in [-0.2, -0.15) is 0 Å². The average Bonchev–Trinajstić information content (AvgIpc) is 2.19. The van der Waals surface area contributed by atoms with E-state index in [1.54, 1.807) is 0 Å². The first-order chi connectivity index (χ1) is 3.93. The SMILES string of the molecule is CCN[C@@H]1C=CCC1. The Bertz CT molecular complexity index is 86.4. The van der Waals surface area contributed by atoms with E-state index in [9.17, 15) is 0 Å². The Morgan fingerprint density at radius 3 is 3.12 bits per heavy atom. The minimum Gasteiger partial charge on any atom is -0.311 e. The van der Waals surface area contributed by atoms with Crippen molar-refractivity contribution in [3.05, 3.63) is 12.2 Å². The van der Waals surface area contributed by atoms with Gasteiger partial charge in [-0.1, -0.05) is 19.1 Å². The van der Waals surface area contributed by atoms with Gasteiger partial charge in [0.25, 0.3) is 0 Å². The zero-order chi connectivity index (χ0) is 5.82. The minimum absolute atomic E-state index is 0.681. The van der Waals surface area contributed by atoms with E-state index in [0.717, 1.165) is 6.54 Å². The van der Waals surface area contributed by atoms with E-state index in [1.165, 1.54) is 12.8 Å². The van der Waals surface area contributed by atoms with Gasteiger partial charge in [0.2, 0.25) is 0 Å². The van der Waals surface area contributed by atoms with Crippen LogP contribution in [-0.4, -0.2) is 12.6 Å². The topological polar surface area (TPSA) is 12.0 Å². The second kappa shape index (κ2) is 2.88. The molecule has 1 aliphatic rings. The van der Waals surface area contributed by atoms with Gasteiger partial charge in [0.1, 0.15) is 0 Å². The van der Waals surface area contributed by atoms with Crippen molar-refractivity contribution in [2.75, 3.05) is 6.54 Å². The molecule has 1 atom stereocenters. The van der Waals surface area contributed by atoms with Crippen LogP contribution in [-0.2, 0) is 0 Å². The Balaban J connectivity index is 2.16. The molecule has 0 bridgehead atoms. The van der Waals surface area contributed by atoms with Crippen molar-refractivity contribution in [1.29, 1.82) is 0 Å². The fourth-order valence-electron chi connectivity index (χ4n) is 1.06. The highest BCUT2D eigenvalue weighted by Crippen LogP contribution is 2.07. The molecule has 0 saturated carbocycles. The van der Waals surface area contributed by atoms with Crippen molar-refractivity contribution in [2.45, 2.75) is 25.8 Å².